The van der Waals surface area contributed by atoms with Crippen LogP contribution in [0.2, 0.25) is 0 Å². The van der Waals surface area contributed by atoms with Crippen LogP contribution < -0.4 is 0 Å². The van der Waals surface area contributed by atoms with E-state index in [4.69, 9.17) is 5.26 Å². The molecule has 1 atom stereocenters. The Kier molecular flexibility index (Phi) is 3.94. The van der Waals surface area contributed by atoms with Crippen molar-refractivity contribution in [2.75, 3.05) is 13.6 Å². The third kappa shape index (κ3) is 3.17. The second kappa shape index (κ2) is 5.00. The van der Waals surface area contributed by atoms with Crippen LogP contribution in [-0.4, -0.2) is 24.5 Å². The minimum Gasteiger partial charge on any atom is -0.291 e. The van der Waals surface area contributed by atoms with Crippen molar-refractivity contribution >= 4 is 11.3 Å². The third-order valence-electron chi connectivity index (χ3n) is 2.15. The summed E-state index contributed by atoms with van der Waals surface area (Å²) in [5, 5.41) is 10.6. The van der Waals surface area contributed by atoms with Gasteiger partial charge in [0.05, 0.1) is 12.6 Å². The SMILES string of the molecule is CC(Cc1cccs1)N(C)CC#N. The molecule has 0 spiro atoms. The van der Waals surface area contributed by atoms with Gasteiger partial charge in [-0.1, -0.05) is 6.07 Å². The van der Waals surface area contributed by atoms with Gasteiger partial charge < -0.3 is 0 Å². The highest BCUT2D eigenvalue weighted by Gasteiger charge is 2.09. The summed E-state index contributed by atoms with van der Waals surface area (Å²) in [6.45, 7) is 2.66. The van der Waals surface area contributed by atoms with E-state index in [1.807, 2.05) is 7.05 Å². The van der Waals surface area contributed by atoms with Gasteiger partial charge in [0.1, 0.15) is 0 Å². The number of rotatable bonds is 4. The Hall–Kier alpha value is -0.850. The zero-order valence-electron chi connectivity index (χ0n) is 8.03. The molecule has 0 aliphatic carbocycles. The van der Waals surface area contributed by atoms with Crippen LogP contribution in [-0.2, 0) is 6.42 Å². The molecule has 0 amide bonds. The predicted octanol–water partition coefficient (Wildman–Crippen LogP) is 2.13. The third-order valence-corrected chi connectivity index (χ3v) is 3.05. The van der Waals surface area contributed by atoms with Crippen LogP contribution in [0.25, 0.3) is 0 Å². The first-order valence-corrected chi connectivity index (χ1v) is 5.21. The number of hydrogen-bond acceptors (Lipinski definition) is 3. The van der Waals surface area contributed by atoms with E-state index >= 15 is 0 Å². The van der Waals surface area contributed by atoms with Crippen molar-refractivity contribution in [3.05, 3.63) is 22.4 Å². The highest BCUT2D eigenvalue weighted by molar-refractivity contribution is 7.09. The van der Waals surface area contributed by atoms with E-state index in [0.717, 1.165) is 6.42 Å². The summed E-state index contributed by atoms with van der Waals surface area (Å²) in [7, 11) is 1.99. The highest BCUT2D eigenvalue weighted by atomic mass is 32.1. The molecule has 0 aliphatic rings. The summed E-state index contributed by atoms with van der Waals surface area (Å²) in [4.78, 5) is 3.46. The Morgan fingerprint density at radius 1 is 1.69 bits per heavy atom. The van der Waals surface area contributed by atoms with Crippen molar-refractivity contribution in [2.24, 2.45) is 0 Å². The van der Waals surface area contributed by atoms with E-state index in [9.17, 15) is 0 Å². The van der Waals surface area contributed by atoms with Crippen LogP contribution in [0, 0.1) is 11.3 Å². The van der Waals surface area contributed by atoms with Crippen molar-refractivity contribution in [1.82, 2.24) is 4.90 Å². The van der Waals surface area contributed by atoms with Gasteiger partial charge in [-0.15, -0.1) is 11.3 Å². The van der Waals surface area contributed by atoms with Gasteiger partial charge in [0.25, 0.3) is 0 Å². The smallest absolute Gasteiger partial charge is 0.0865 e. The second-order valence-corrected chi connectivity index (χ2v) is 4.24. The fourth-order valence-corrected chi connectivity index (χ4v) is 1.97. The van der Waals surface area contributed by atoms with E-state index in [0.29, 0.717) is 12.6 Å². The Morgan fingerprint density at radius 2 is 2.46 bits per heavy atom. The fourth-order valence-electron chi connectivity index (χ4n) is 1.14. The van der Waals surface area contributed by atoms with Crippen LogP contribution in [0.1, 0.15) is 11.8 Å². The lowest BCUT2D eigenvalue weighted by Crippen LogP contribution is -2.30. The lowest BCUT2D eigenvalue weighted by molar-refractivity contribution is 0.287. The lowest BCUT2D eigenvalue weighted by atomic mass is 10.2. The van der Waals surface area contributed by atoms with Gasteiger partial charge in [0.2, 0.25) is 0 Å². The molecule has 0 bridgehead atoms. The minimum absolute atomic E-state index is 0.443. The molecule has 0 saturated heterocycles. The summed E-state index contributed by atoms with van der Waals surface area (Å²) in [6.07, 6.45) is 1.04. The number of thiophene rings is 1. The second-order valence-electron chi connectivity index (χ2n) is 3.21. The number of hydrogen-bond donors (Lipinski definition) is 0. The van der Waals surface area contributed by atoms with Crippen molar-refractivity contribution in [2.45, 2.75) is 19.4 Å². The molecule has 1 rings (SSSR count). The molecule has 0 aliphatic heterocycles. The summed E-state index contributed by atoms with van der Waals surface area (Å²) < 4.78 is 0. The number of likely N-dealkylation sites (N-methyl/N-ethyl adjacent to an activating group) is 1. The molecule has 0 aromatic carbocycles. The summed E-state index contributed by atoms with van der Waals surface area (Å²) >= 11 is 1.78. The standard InChI is InChI=1S/C10H14N2S/c1-9(12(2)6-5-11)8-10-4-3-7-13-10/h3-4,7,9H,6,8H2,1-2H3. The molecule has 0 saturated carbocycles. The molecule has 0 N–H and O–H groups in total. The maximum Gasteiger partial charge on any atom is 0.0865 e. The predicted molar refractivity (Wildman–Crippen MR) is 55.7 cm³/mol. The molecule has 0 radical (unpaired) electrons. The molecule has 1 aromatic heterocycles. The number of nitrogens with zero attached hydrogens (tertiary/aromatic N) is 2. The summed E-state index contributed by atoms with van der Waals surface area (Å²) in [5.41, 5.74) is 0. The summed E-state index contributed by atoms with van der Waals surface area (Å²) in [6, 6.07) is 6.81. The Morgan fingerprint density at radius 3 is 3.00 bits per heavy atom. The van der Waals surface area contributed by atoms with Crippen molar-refractivity contribution in [1.29, 1.82) is 5.26 Å². The maximum atomic E-state index is 8.52. The topological polar surface area (TPSA) is 27.0 Å². The van der Waals surface area contributed by atoms with Gasteiger partial charge in [0, 0.05) is 10.9 Å². The monoisotopic (exact) mass is 194 g/mol. The molecule has 1 heterocycles. The van der Waals surface area contributed by atoms with Gasteiger partial charge in [-0.05, 0) is 31.8 Å². The first kappa shape index (κ1) is 10.2. The normalized spacial score (nSPS) is 12.8. The molecule has 0 fully saturated rings. The molecular formula is C10H14N2S. The van der Waals surface area contributed by atoms with Crippen LogP contribution in [0.15, 0.2) is 17.5 Å². The lowest BCUT2D eigenvalue weighted by Gasteiger charge is -2.20. The minimum atomic E-state index is 0.443. The van der Waals surface area contributed by atoms with E-state index < -0.39 is 0 Å². The van der Waals surface area contributed by atoms with Crippen molar-refractivity contribution < 1.29 is 0 Å². The Bertz CT molecular complexity index is 274. The van der Waals surface area contributed by atoms with Crippen LogP contribution in [0.5, 0.6) is 0 Å². The van der Waals surface area contributed by atoms with Crippen LogP contribution in [0.3, 0.4) is 0 Å². The first-order valence-electron chi connectivity index (χ1n) is 4.33. The first-order chi connectivity index (χ1) is 6.24. The molecule has 70 valence electrons. The molecular weight excluding hydrogens is 180 g/mol. The Labute approximate surface area is 83.4 Å². The van der Waals surface area contributed by atoms with Gasteiger partial charge in [-0.2, -0.15) is 5.26 Å². The molecule has 1 unspecified atom stereocenters. The van der Waals surface area contributed by atoms with Gasteiger partial charge in [-0.3, -0.25) is 4.90 Å². The van der Waals surface area contributed by atoms with E-state index in [2.05, 4.69) is 35.4 Å². The van der Waals surface area contributed by atoms with Crippen LogP contribution in [0.4, 0.5) is 0 Å². The Balaban J connectivity index is 2.42. The quantitative estimate of drug-likeness (QED) is 0.687. The largest absolute Gasteiger partial charge is 0.291 e. The highest BCUT2D eigenvalue weighted by Crippen LogP contribution is 2.12. The van der Waals surface area contributed by atoms with E-state index in [-0.39, 0.29) is 0 Å². The van der Waals surface area contributed by atoms with Crippen molar-refractivity contribution in [3.63, 3.8) is 0 Å². The number of nitriles is 1. The van der Waals surface area contributed by atoms with Gasteiger partial charge >= 0.3 is 0 Å². The van der Waals surface area contributed by atoms with Gasteiger partial charge in [0.15, 0.2) is 0 Å². The van der Waals surface area contributed by atoms with Crippen LogP contribution >= 0.6 is 11.3 Å². The van der Waals surface area contributed by atoms with E-state index in [1.54, 1.807) is 11.3 Å². The fraction of sp³-hybridized carbons (Fsp3) is 0.500. The average molecular weight is 194 g/mol. The van der Waals surface area contributed by atoms with Crippen molar-refractivity contribution in [3.8, 4) is 6.07 Å². The maximum absolute atomic E-state index is 8.52. The average Bonchev–Trinajstić information content (AvgIpc) is 2.57. The zero-order valence-corrected chi connectivity index (χ0v) is 8.84. The summed E-state index contributed by atoms with van der Waals surface area (Å²) in [5.74, 6) is 0. The molecule has 1 aromatic rings. The van der Waals surface area contributed by atoms with Gasteiger partial charge in [-0.25, -0.2) is 0 Å². The molecule has 2 nitrogen and oxygen atoms in total. The zero-order chi connectivity index (χ0) is 9.68. The molecule has 13 heavy (non-hydrogen) atoms. The molecule has 3 heteroatoms. The van der Waals surface area contributed by atoms with E-state index in [1.165, 1.54) is 4.88 Å².